The zero-order valence-electron chi connectivity index (χ0n) is 37.5. The van der Waals surface area contributed by atoms with Crippen LogP contribution in [0.4, 0.5) is 0 Å². The first-order chi connectivity index (χ1) is 28.8. The Bertz CT molecular complexity index is 2460. The Kier molecular flexibility index (Phi) is 13.5. The maximum Gasteiger partial charge on any atom is 0.127 e. The molecule has 6 aromatic carbocycles. The van der Waals surface area contributed by atoms with Crippen molar-refractivity contribution in [2.45, 2.75) is 117 Å². The van der Waals surface area contributed by atoms with Crippen LogP contribution in [0.15, 0.2) is 115 Å². The Morgan fingerprint density at radius 1 is 0.410 bits per heavy atom. The predicted octanol–water partition coefficient (Wildman–Crippen LogP) is 12.8. The van der Waals surface area contributed by atoms with Gasteiger partial charge < -0.3 is 29.9 Å². The Labute approximate surface area is 363 Å². The van der Waals surface area contributed by atoms with Gasteiger partial charge in [0.25, 0.3) is 0 Å². The molecular formula is C55H64O6. The van der Waals surface area contributed by atoms with Crippen LogP contribution < -0.4 is 9.47 Å². The third kappa shape index (κ3) is 11.5. The minimum Gasteiger partial charge on any atom is -0.508 e. The molecule has 0 bridgehead atoms. The van der Waals surface area contributed by atoms with Gasteiger partial charge in [0, 0.05) is 5.56 Å². The first kappa shape index (κ1) is 44.7. The van der Waals surface area contributed by atoms with Crippen molar-refractivity contribution in [2.24, 2.45) is 0 Å². The lowest BCUT2D eigenvalue weighted by Gasteiger charge is -2.28. The number of rotatable bonds is 15. The van der Waals surface area contributed by atoms with Crippen LogP contribution in [0.3, 0.4) is 0 Å². The van der Waals surface area contributed by atoms with Gasteiger partial charge in [0.1, 0.15) is 40.2 Å². The molecule has 0 saturated heterocycles. The summed E-state index contributed by atoms with van der Waals surface area (Å²) in [5.41, 5.74) is 9.63. The molecule has 0 saturated carbocycles. The Morgan fingerprint density at radius 3 is 1.54 bits per heavy atom. The average molecular weight is 821 g/mol. The van der Waals surface area contributed by atoms with Crippen molar-refractivity contribution < 1.29 is 29.9 Å². The van der Waals surface area contributed by atoms with Crippen molar-refractivity contribution in [1.29, 1.82) is 0 Å². The first-order valence-electron chi connectivity index (χ1n) is 21.5. The molecule has 0 fully saturated rings. The number of ether oxygens (including phenoxy) is 2. The fraction of sp³-hybridized carbons (Fsp3) is 0.345. The van der Waals surface area contributed by atoms with Gasteiger partial charge in [-0.05, 0) is 166 Å². The van der Waals surface area contributed by atoms with E-state index in [1.807, 2.05) is 48.5 Å². The number of hydrogen-bond donors (Lipinski definition) is 4. The molecule has 6 rings (SSSR count). The van der Waals surface area contributed by atoms with Crippen LogP contribution in [0.5, 0.6) is 40.2 Å². The zero-order chi connectivity index (χ0) is 44.1. The van der Waals surface area contributed by atoms with Gasteiger partial charge in [0.05, 0.1) is 7.11 Å². The smallest absolute Gasteiger partial charge is 0.127 e. The van der Waals surface area contributed by atoms with E-state index in [9.17, 15) is 20.4 Å². The number of phenolic OH excluding ortho intramolecular Hbond substituents is 4. The third-order valence-corrected chi connectivity index (χ3v) is 11.8. The highest BCUT2D eigenvalue weighted by Gasteiger charge is 2.27. The monoisotopic (exact) mass is 820 g/mol. The van der Waals surface area contributed by atoms with E-state index >= 15 is 0 Å². The molecular weight excluding hydrogens is 757 g/mol. The average Bonchev–Trinajstić information content (AvgIpc) is 3.20. The van der Waals surface area contributed by atoms with Crippen molar-refractivity contribution in [3.8, 4) is 40.2 Å². The SMILES string of the molecule is COc1cc(CCc2cc(Oc3cccc(CCc4ccc(C(C)(C)C)c(O)c4)c3)ccc2O)ccc1CC(C)(C)c1cc(CCc2ccc(O)c(C(C)(C)C)c2)ccc1O. The van der Waals surface area contributed by atoms with Gasteiger partial charge in [-0.2, -0.15) is 0 Å². The number of aromatic hydroxyl groups is 4. The molecule has 0 aliphatic rings. The summed E-state index contributed by atoms with van der Waals surface area (Å²) in [6, 6.07) is 37.6. The van der Waals surface area contributed by atoms with Gasteiger partial charge in [-0.3, -0.25) is 0 Å². The van der Waals surface area contributed by atoms with Crippen LogP contribution >= 0.6 is 0 Å². The molecule has 0 radical (unpaired) electrons. The summed E-state index contributed by atoms with van der Waals surface area (Å²) >= 11 is 0. The van der Waals surface area contributed by atoms with Crippen LogP contribution in [0, 0.1) is 0 Å². The van der Waals surface area contributed by atoms with Crippen molar-refractivity contribution in [2.75, 3.05) is 7.11 Å². The lowest BCUT2D eigenvalue weighted by Crippen LogP contribution is -2.21. The highest BCUT2D eigenvalue weighted by molar-refractivity contribution is 5.47. The summed E-state index contributed by atoms with van der Waals surface area (Å²) in [6.45, 7) is 16.9. The van der Waals surface area contributed by atoms with E-state index in [2.05, 4.69) is 97.9 Å². The lowest BCUT2D eigenvalue weighted by atomic mass is 9.77. The predicted molar refractivity (Wildman–Crippen MR) is 248 cm³/mol. The quantitative estimate of drug-likeness (QED) is 0.0823. The van der Waals surface area contributed by atoms with Crippen LogP contribution in [-0.4, -0.2) is 27.5 Å². The topological polar surface area (TPSA) is 99.4 Å². The van der Waals surface area contributed by atoms with Crippen LogP contribution in [-0.2, 0) is 61.2 Å². The standard InChI is InChI=1S/C55H64O6/c1-53(2,3)45-25-19-39(32-51(45)59)16-13-36-11-10-12-43(29-36)61-44-24-28-48(56)41(34-44)22-17-40-18-23-42(52(33-40)60-9)35-55(7,8)47-31-38(21-27-50(47)58)15-14-37-20-26-49(57)46(30-37)54(4,5)6/h10-12,18-21,23-34,56-59H,13-17,22,35H2,1-9H3. The molecule has 0 spiro atoms. The van der Waals surface area contributed by atoms with Crippen molar-refractivity contribution in [1.82, 2.24) is 0 Å². The number of aryl methyl sites for hydroxylation is 6. The summed E-state index contributed by atoms with van der Waals surface area (Å²) in [5, 5.41) is 42.9. The maximum atomic E-state index is 11.1. The molecule has 0 atom stereocenters. The number of methoxy groups -OCH3 is 1. The van der Waals surface area contributed by atoms with Gasteiger partial charge in [0.15, 0.2) is 0 Å². The molecule has 0 amide bonds. The molecule has 0 unspecified atom stereocenters. The molecule has 61 heavy (non-hydrogen) atoms. The zero-order valence-corrected chi connectivity index (χ0v) is 37.5. The first-order valence-corrected chi connectivity index (χ1v) is 21.5. The fourth-order valence-electron chi connectivity index (χ4n) is 8.23. The summed E-state index contributed by atoms with van der Waals surface area (Å²) in [5.74, 6) is 3.36. The molecule has 0 aliphatic carbocycles. The van der Waals surface area contributed by atoms with E-state index in [0.717, 1.165) is 87.3 Å². The minimum atomic E-state index is -0.388. The van der Waals surface area contributed by atoms with Gasteiger partial charge in [-0.25, -0.2) is 0 Å². The van der Waals surface area contributed by atoms with E-state index in [-0.39, 0.29) is 27.7 Å². The summed E-state index contributed by atoms with van der Waals surface area (Å²) in [7, 11) is 1.69. The highest BCUT2D eigenvalue weighted by atomic mass is 16.5. The van der Waals surface area contributed by atoms with E-state index in [1.165, 1.54) is 5.56 Å². The largest absolute Gasteiger partial charge is 0.508 e. The molecule has 0 heterocycles. The molecule has 0 aliphatic heterocycles. The minimum absolute atomic E-state index is 0.113. The summed E-state index contributed by atoms with van der Waals surface area (Å²) < 4.78 is 12.2. The van der Waals surface area contributed by atoms with E-state index in [1.54, 1.807) is 31.4 Å². The second kappa shape index (κ2) is 18.4. The number of benzene rings is 6. The normalized spacial score (nSPS) is 12.1. The van der Waals surface area contributed by atoms with Crippen LogP contribution in [0.1, 0.15) is 111 Å². The van der Waals surface area contributed by atoms with E-state index in [0.29, 0.717) is 36.5 Å². The lowest BCUT2D eigenvalue weighted by molar-refractivity contribution is 0.397. The van der Waals surface area contributed by atoms with Crippen LogP contribution in [0.25, 0.3) is 0 Å². The second-order valence-electron chi connectivity index (χ2n) is 19.3. The molecule has 320 valence electrons. The van der Waals surface area contributed by atoms with Crippen molar-refractivity contribution in [3.05, 3.63) is 171 Å². The molecule has 6 aromatic rings. The maximum absolute atomic E-state index is 11.1. The van der Waals surface area contributed by atoms with Gasteiger partial charge in [-0.15, -0.1) is 0 Å². The number of phenols is 4. The van der Waals surface area contributed by atoms with Crippen LogP contribution in [0.2, 0.25) is 0 Å². The summed E-state index contributed by atoms with van der Waals surface area (Å²) in [6.07, 6.45) is 5.22. The van der Waals surface area contributed by atoms with Gasteiger partial charge in [0.2, 0.25) is 0 Å². The molecule has 0 aromatic heterocycles. The van der Waals surface area contributed by atoms with Crippen molar-refractivity contribution >= 4 is 0 Å². The van der Waals surface area contributed by atoms with E-state index < -0.39 is 0 Å². The summed E-state index contributed by atoms with van der Waals surface area (Å²) in [4.78, 5) is 0. The van der Waals surface area contributed by atoms with Gasteiger partial charge >= 0.3 is 0 Å². The Morgan fingerprint density at radius 2 is 0.918 bits per heavy atom. The second-order valence-corrected chi connectivity index (χ2v) is 19.3. The van der Waals surface area contributed by atoms with Gasteiger partial charge in [-0.1, -0.05) is 116 Å². The fourth-order valence-corrected chi connectivity index (χ4v) is 8.23. The molecule has 4 N–H and O–H groups in total. The van der Waals surface area contributed by atoms with E-state index in [4.69, 9.17) is 9.47 Å². The Hall–Kier alpha value is -5.88. The Balaban J connectivity index is 1.08. The number of hydrogen-bond acceptors (Lipinski definition) is 6. The third-order valence-electron chi connectivity index (χ3n) is 11.8. The van der Waals surface area contributed by atoms with Crippen molar-refractivity contribution in [3.63, 3.8) is 0 Å². The molecule has 6 nitrogen and oxygen atoms in total. The molecule has 6 heteroatoms. The highest BCUT2D eigenvalue weighted by Crippen LogP contribution is 2.38.